The third-order valence-electron chi connectivity index (χ3n) is 5.45. The molecule has 0 spiro atoms. The predicted molar refractivity (Wildman–Crippen MR) is 114 cm³/mol. The quantitative estimate of drug-likeness (QED) is 0.468. The van der Waals surface area contributed by atoms with Crippen molar-refractivity contribution in [2.45, 2.75) is 32.1 Å². The number of carboxylic acids is 1. The SMILES string of the molecule is COCC(C)(C)c1c(CCC(=O)O)c2cc3[nH]ncc3cc2n1-c1ccc(F)cc1. The van der Waals surface area contributed by atoms with Gasteiger partial charge in [0.2, 0.25) is 0 Å². The van der Waals surface area contributed by atoms with Crippen LogP contribution in [0.4, 0.5) is 4.39 Å². The van der Waals surface area contributed by atoms with Crippen LogP contribution in [0.5, 0.6) is 0 Å². The van der Waals surface area contributed by atoms with Crippen LogP contribution in [-0.2, 0) is 21.4 Å². The molecule has 0 aliphatic rings. The van der Waals surface area contributed by atoms with Gasteiger partial charge in [-0.1, -0.05) is 13.8 Å². The Labute approximate surface area is 173 Å². The first kappa shape index (κ1) is 20.1. The van der Waals surface area contributed by atoms with Crippen LogP contribution in [0.3, 0.4) is 0 Å². The van der Waals surface area contributed by atoms with Gasteiger partial charge >= 0.3 is 5.97 Å². The minimum Gasteiger partial charge on any atom is -0.481 e. The fraction of sp³-hybridized carbons (Fsp3) is 0.304. The van der Waals surface area contributed by atoms with E-state index < -0.39 is 11.4 Å². The van der Waals surface area contributed by atoms with Crippen LogP contribution in [0.1, 0.15) is 31.5 Å². The maximum Gasteiger partial charge on any atom is 0.303 e. The minimum absolute atomic E-state index is 0.0135. The largest absolute Gasteiger partial charge is 0.481 e. The molecule has 30 heavy (non-hydrogen) atoms. The molecule has 0 saturated heterocycles. The number of nitrogens with one attached hydrogen (secondary N) is 1. The molecule has 7 heteroatoms. The molecule has 2 aromatic heterocycles. The fourth-order valence-corrected chi connectivity index (χ4v) is 4.27. The van der Waals surface area contributed by atoms with Crippen LogP contribution in [0.15, 0.2) is 42.6 Å². The molecule has 2 N–H and O–H groups in total. The number of nitrogens with zero attached hydrogens (tertiary/aromatic N) is 2. The van der Waals surface area contributed by atoms with E-state index in [1.807, 2.05) is 12.1 Å². The molecule has 0 atom stereocenters. The van der Waals surface area contributed by atoms with Gasteiger partial charge in [0.15, 0.2) is 0 Å². The second-order valence-electron chi connectivity index (χ2n) is 8.18. The summed E-state index contributed by atoms with van der Waals surface area (Å²) in [5.41, 5.74) is 4.12. The Morgan fingerprint density at radius 1 is 1.27 bits per heavy atom. The van der Waals surface area contributed by atoms with Gasteiger partial charge in [0.05, 0.1) is 23.8 Å². The topological polar surface area (TPSA) is 80.1 Å². The molecule has 0 aliphatic carbocycles. The van der Waals surface area contributed by atoms with Gasteiger partial charge in [0.25, 0.3) is 0 Å². The van der Waals surface area contributed by atoms with Gasteiger partial charge in [-0.2, -0.15) is 5.10 Å². The van der Waals surface area contributed by atoms with E-state index in [2.05, 4.69) is 28.6 Å². The Balaban J connectivity index is 2.11. The maximum absolute atomic E-state index is 13.6. The Bertz CT molecular complexity index is 1220. The van der Waals surface area contributed by atoms with E-state index in [4.69, 9.17) is 4.74 Å². The van der Waals surface area contributed by atoms with E-state index in [0.717, 1.165) is 38.8 Å². The van der Waals surface area contributed by atoms with Crippen molar-refractivity contribution >= 4 is 27.8 Å². The fourth-order valence-electron chi connectivity index (χ4n) is 4.27. The van der Waals surface area contributed by atoms with Gasteiger partial charge < -0.3 is 14.4 Å². The van der Waals surface area contributed by atoms with E-state index in [-0.39, 0.29) is 12.2 Å². The van der Waals surface area contributed by atoms with E-state index in [0.29, 0.717) is 13.0 Å². The molecule has 0 aliphatic heterocycles. The van der Waals surface area contributed by atoms with Crippen molar-refractivity contribution in [3.05, 3.63) is 59.7 Å². The lowest BCUT2D eigenvalue weighted by atomic mass is 9.85. The first-order valence-electron chi connectivity index (χ1n) is 9.79. The highest BCUT2D eigenvalue weighted by Crippen LogP contribution is 2.39. The molecule has 0 saturated carbocycles. The summed E-state index contributed by atoms with van der Waals surface area (Å²) in [7, 11) is 1.65. The number of ether oxygens (including phenoxy) is 1. The number of aliphatic carboxylic acids is 1. The molecule has 0 amide bonds. The highest BCUT2D eigenvalue weighted by molar-refractivity contribution is 5.99. The molecule has 0 bridgehead atoms. The Kier molecular flexibility index (Phi) is 5.07. The van der Waals surface area contributed by atoms with Crippen molar-refractivity contribution < 1.29 is 19.0 Å². The smallest absolute Gasteiger partial charge is 0.303 e. The number of aryl methyl sites for hydroxylation is 1. The monoisotopic (exact) mass is 409 g/mol. The molecular weight excluding hydrogens is 385 g/mol. The molecule has 4 aromatic rings. The summed E-state index contributed by atoms with van der Waals surface area (Å²) >= 11 is 0. The standard InChI is InChI=1S/C23H24FN3O3/c1-23(2,13-30-3)22-17(8-9-21(28)29)18-11-19-14(12-25-26-19)10-20(18)27(22)16-6-4-15(24)5-7-16/h4-7,10-12H,8-9,13H2,1-3H3,(H,25,26)(H,28,29). The molecule has 0 fully saturated rings. The number of carboxylic acid groups (broad SMARTS) is 1. The Hall–Kier alpha value is -3.19. The third kappa shape index (κ3) is 3.45. The van der Waals surface area contributed by atoms with Gasteiger partial charge in [0, 0.05) is 41.1 Å². The summed E-state index contributed by atoms with van der Waals surface area (Å²) in [6.45, 7) is 4.59. The number of methoxy groups -OCH3 is 1. The first-order valence-corrected chi connectivity index (χ1v) is 9.79. The number of hydrogen-bond donors (Lipinski definition) is 2. The molecule has 2 aromatic carbocycles. The van der Waals surface area contributed by atoms with Crippen LogP contribution >= 0.6 is 0 Å². The van der Waals surface area contributed by atoms with Crippen molar-refractivity contribution in [1.29, 1.82) is 0 Å². The third-order valence-corrected chi connectivity index (χ3v) is 5.45. The molecule has 6 nitrogen and oxygen atoms in total. The number of carbonyl (C=O) groups is 1. The van der Waals surface area contributed by atoms with Crippen LogP contribution in [0, 0.1) is 5.82 Å². The summed E-state index contributed by atoms with van der Waals surface area (Å²) < 4.78 is 21.2. The summed E-state index contributed by atoms with van der Waals surface area (Å²) in [4.78, 5) is 11.4. The normalized spacial score (nSPS) is 12.1. The molecule has 4 rings (SSSR count). The number of rotatable bonds is 7. The Morgan fingerprint density at radius 3 is 2.67 bits per heavy atom. The number of H-pyrrole nitrogens is 1. The van der Waals surface area contributed by atoms with Gasteiger partial charge in [-0.25, -0.2) is 4.39 Å². The number of benzene rings is 2. The highest BCUT2D eigenvalue weighted by Gasteiger charge is 2.31. The zero-order chi connectivity index (χ0) is 21.5. The number of fused-ring (bicyclic) bond motifs is 2. The van der Waals surface area contributed by atoms with E-state index >= 15 is 0 Å². The number of hydrogen-bond acceptors (Lipinski definition) is 3. The summed E-state index contributed by atoms with van der Waals surface area (Å²) in [5, 5.41) is 18.4. The van der Waals surface area contributed by atoms with Crippen LogP contribution in [0.25, 0.3) is 27.5 Å². The lowest BCUT2D eigenvalue weighted by molar-refractivity contribution is -0.136. The molecule has 0 radical (unpaired) electrons. The van der Waals surface area contributed by atoms with Crippen molar-refractivity contribution in [2.24, 2.45) is 0 Å². The first-order chi connectivity index (χ1) is 14.3. The van der Waals surface area contributed by atoms with Crippen molar-refractivity contribution in [2.75, 3.05) is 13.7 Å². The average Bonchev–Trinajstić information content (AvgIpc) is 3.27. The zero-order valence-corrected chi connectivity index (χ0v) is 17.2. The van der Waals surface area contributed by atoms with Gasteiger partial charge in [-0.05, 0) is 48.4 Å². The number of aromatic amines is 1. The predicted octanol–water partition coefficient (Wildman–Crippen LogP) is 4.59. The van der Waals surface area contributed by atoms with Gasteiger partial charge in [0.1, 0.15) is 5.82 Å². The van der Waals surface area contributed by atoms with Crippen molar-refractivity contribution in [3.63, 3.8) is 0 Å². The van der Waals surface area contributed by atoms with E-state index in [1.165, 1.54) is 12.1 Å². The number of halogens is 1. The lowest BCUT2D eigenvalue weighted by Gasteiger charge is -2.28. The highest BCUT2D eigenvalue weighted by atomic mass is 19.1. The second-order valence-corrected chi connectivity index (χ2v) is 8.18. The number of aromatic nitrogens is 3. The molecule has 2 heterocycles. The second kappa shape index (κ2) is 7.57. The maximum atomic E-state index is 13.6. The molecule has 156 valence electrons. The van der Waals surface area contributed by atoms with E-state index in [9.17, 15) is 14.3 Å². The minimum atomic E-state index is -0.851. The van der Waals surface area contributed by atoms with Gasteiger partial charge in [-0.15, -0.1) is 0 Å². The Morgan fingerprint density at radius 2 is 2.00 bits per heavy atom. The van der Waals surface area contributed by atoms with Crippen molar-refractivity contribution in [1.82, 2.24) is 14.8 Å². The lowest BCUT2D eigenvalue weighted by Crippen LogP contribution is -2.28. The zero-order valence-electron chi connectivity index (χ0n) is 17.2. The van der Waals surface area contributed by atoms with Crippen LogP contribution < -0.4 is 0 Å². The van der Waals surface area contributed by atoms with Gasteiger partial charge in [-0.3, -0.25) is 9.89 Å². The summed E-state index contributed by atoms with van der Waals surface area (Å²) in [6.07, 6.45) is 2.15. The average molecular weight is 409 g/mol. The summed E-state index contributed by atoms with van der Waals surface area (Å²) in [6, 6.07) is 10.4. The summed E-state index contributed by atoms with van der Waals surface area (Å²) in [5.74, 6) is -1.16. The van der Waals surface area contributed by atoms with Crippen LogP contribution in [0.2, 0.25) is 0 Å². The molecular formula is C23H24FN3O3. The van der Waals surface area contributed by atoms with E-state index in [1.54, 1.807) is 25.4 Å². The van der Waals surface area contributed by atoms with Crippen molar-refractivity contribution in [3.8, 4) is 5.69 Å². The molecule has 0 unspecified atom stereocenters. The van der Waals surface area contributed by atoms with Crippen LogP contribution in [-0.4, -0.2) is 39.6 Å².